The molecule has 1 fully saturated rings. The van der Waals surface area contributed by atoms with E-state index in [0.29, 0.717) is 0 Å². The number of alkyl halides is 5. The van der Waals surface area contributed by atoms with E-state index in [1.807, 2.05) is 0 Å². The van der Waals surface area contributed by atoms with Crippen molar-refractivity contribution in [1.82, 2.24) is 4.90 Å². The molecule has 1 saturated heterocycles. The van der Waals surface area contributed by atoms with Crippen molar-refractivity contribution in [2.45, 2.75) is 18.3 Å². The van der Waals surface area contributed by atoms with Gasteiger partial charge in [-0.05, 0) is 0 Å². The number of hydrogen-bond donors (Lipinski definition) is 0. The highest BCUT2D eigenvalue weighted by Crippen LogP contribution is 2.36. The van der Waals surface area contributed by atoms with Crippen LogP contribution in [-0.4, -0.2) is 42.9 Å². The molecule has 1 aliphatic rings. The molecule has 0 radical (unpaired) electrons. The second-order valence-electron chi connectivity index (χ2n) is 3.46. The Morgan fingerprint density at radius 3 is 2.06 bits per heavy atom. The zero-order valence-corrected chi connectivity index (χ0v) is 8.58. The zero-order chi connectivity index (χ0) is 14.1. The van der Waals surface area contributed by atoms with Gasteiger partial charge in [0.15, 0.2) is 6.10 Å². The SMILES string of the molecule is FC(F)=C(F)C(F)(F)N1CCOC(C(F)(F)F)C1. The van der Waals surface area contributed by atoms with Crippen LogP contribution < -0.4 is 0 Å². The van der Waals surface area contributed by atoms with Crippen LogP contribution in [0.3, 0.4) is 0 Å². The Labute approximate surface area is 95.8 Å². The lowest BCUT2D eigenvalue weighted by Gasteiger charge is -2.37. The molecule has 106 valence electrons. The topological polar surface area (TPSA) is 12.5 Å². The molecule has 0 aromatic carbocycles. The summed E-state index contributed by atoms with van der Waals surface area (Å²) in [5.41, 5.74) is 0. The third-order valence-electron chi connectivity index (χ3n) is 2.26. The Hall–Kier alpha value is -0.900. The Morgan fingerprint density at radius 1 is 1.06 bits per heavy atom. The van der Waals surface area contributed by atoms with Gasteiger partial charge in [-0.2, -0.15) is 35.1 Å². The third kappa shape index (κ3) is 3.10. The molecule has 1 rings (SSSR count). The van der Waals surface area contributed by atoms with E-state index in [9.17, 15) is 35.1 Å². The van der Waals surface area contributed by atoms with Gasteiger partial charge in [-0.1, -0.05) is 0 Å². The molecule has 0 aromatic rings. The van der Waals surface area contributed by atoms with Crippen molar-refractivity contribution < 1.29 is 39.9 Å². The van der Waals surface area contributed by atoms with E-state index >= 15 is 0 Å². The largest absolute Gasteiger partial charge is 0.415 e. The molecule has 0 bridgehead atoms. The molecule has 1 aliphatic heterocycles. The molecule has 18 heavy (non-hydrogen) atoms. The Kier molecular flexibility index (Phi) is 4.21. The van der Waals surface area contributed by atoms with Crippen molar-refractivity contribution in [1.29, 1.82) is 0 Å². The standard InChI is InChI=1S/C8H7F8NO/c9-5(6(10)11)8(15,16)17-1-2-18-4(3-17)7(12,13)14/h4H,1-3H2. The predicted molar refractivity (Wildman–Crippen MR) is 42.7 cm³/mol. The molecular formula is C8H7F8NO. The van der Waals surface area contributed by atoms with Gasteiger partial charge in [0.2, 0.25) is 5.83 Å². The summed E-state index contributed by atoms with van der Waals surface area (Å²) in [5.74, 6) is -3.05. The molecule has 2 nitrogen and oxygen atoms in total. The molecule has 0 N–H and O–H groups in total. The third-order valence-corrected chi connectivity index (χ3v) is 2.26. The fourth-order valence-corrected chi connectivity index (χ4v) is 1.35. The molecular weight excluding hydrogens is 278 g/mol. The van der Waals surface area contributed by atoms with Crippen molar-refractivity contribution in [2.24, 2.45) is 0 Å². The Morgan fingerprint density at radius 2 is 1.61 bits per heavy atom. The van der Waals surface area contributed by atoms with Crippen molar-refractivity contribution in [2.75, 3.05) is 19.7 Å². The molecule has 1 heterocycles. The van der Waals surface area contributed by atoms with Gasteiger partial charge in [-0.25, -0.2) is 4.90 Å². The summed E-state index contributed by atoms with van der Waals surface area (Å²) in [7, 11) is 0. The lowest BCUT2D eigenvalue weighted by atomic mass is 10.2. The number of halogens is 8. The highest BCUT2D eigenvalue weighted by molar-refractivity contribution is 5.05. The molecule has 10 heteroatoms. The normalized spacial score (nSPS) is 23.0. The number of ether oxygens (including phenoxy) is 1. The van der Waals surface area contributed by atoms with E-state index in [2.05, 4.69) is 4.74 Å². The monoisotopic (exact) mass is 285 g/mol. The summed E-state index contributed by atoms with van der Waals surface area (Å²) in [5, 5.41) is 0. The van der Waals surface area contributed by atoms with Gasteiger partial charge in [0.1, 0.15) is 0 Å². The van der Waals surface area contributed by atoms with Crippen LogP contribution in [0.4, 0.5) is 35.1 Å². The first kappa shape index (κ1) is 15.2. The summed E-state index contributed by atoms with van der Waals surface area (Å²) in [4.78, 5) is -0.330. The fourth-order valence-electron chi connectivity index (χ4n) is 1.35. The first-order chi connectivity index (χ1) is 8.06. The summed E-state index contributed by atoms with van der Waals surface area (Å²) in [6, 6.07) is -4.79. The second-order valence-corrected chi connectivity index (χ2v) is 3.46. The van der Waals surface area contributed by atoms with Gasteiger partial charge in [-0.3, -0.25) is 0 Å². The van der Waals surface area contributed by atoms with Crippen LogP contribution in [0.2, 0.25) is 0 Å². The molecule has 0 amide bonds. The quantitative estimate of drug-likeness (QED) is 0.571. The smallest absolute Gasteiger partial charge is 0.366 e. The average molecular weight is 285 g/mol. The maximum Gasteiger partial charge on any atom is 0.415 e. The van der Waals surface area contributed by atoms with Gasteiger partial charge in [0.25, 0.3) is 0 Å². The minimum absolute atomic E-state index is 0.330. The van der Waals surface area contributed by atoms with Crippen LogP contribution in [0, 0.1) is 0 Å². The van der Waals surface area contributed by atoms with Gasteiger partial charge in [0, 0.05) is 13.1 Å². The summed E-state index contributed by atoms with van der Waals surface area (Å²) >= 11 is 0. The van der Waals surface area contributed by atoms with Crippen molar-refractivity contribution in [3.05, 3.63) is 11.9 Å². The van der Waals surface area contributed by atoms with Crippen molar-refractivity contribution in [3.63, 3.8) is 0 Å². The number of hydrogen-bond acceptors (Lipinski definition) is 2. The molecule has 0 saturated carbocycles. The second kappa shape index (κ2) is 5.00. The first-order valence-corrected chi connectivity index (χ1v) is 4.59. The molecule has 1 atom stereocenters. The van der Waals surface area contributed by atoms with Gasteiger partial charge in [-0.15, -0.1) is 0 Å². The van der Waals surface area contributed by atoms with E-state index < -0.39 is 49.9 Å². The van der Waals surface area contributed by atoms with Gasteiger partial charge < -0.3 is 4.74 Å². The summed E-state index contributed by atoms with van der Waals surface area (Å²) in [6.45, 7) is -2.97. The van der Waals surface area contributed by atoms with Crippen LogP contribution >= 0.6 is 0 Å². The highest BCUT2D eigenvalue weighted by atomic mass is 19.4. The maximum atomic E-state index is 13.1. The zero-order valence-electron chi connectivity index (χ0n) is 8.58. The van der Waals surface area contributed by atoms with Crippen LogP contribution in [0.1, 0.15) is 0 Å². The van der Waals surface area contributed by atoms with E-state index in [1.54, 1.807) is 0 Å². The molecule has 1 unspecified atom stereocenters. The van der Waals surface area contributed by atoms with Gasteiger partial charge in [0.05, 0.1) is 6.61 Å². The highest BCUT2D eigenvalue weighted by Gasteiger charge is 2.52. The molecule has 0 aromatic heterocycles. The summed E-state index contributed by atoms with van der Waals surface area (Å²) < 4.78 is 103. The van der Waals surface area contributed by atoms with Crippen LogP contribution in [0.25, 0.3) is 0 Å². The van der Waals surface area contributed by atoms with Crippen LogP contribution in [-0.2, 0) is 4.74 Å². The first-order valence-electron chi connectivity index (χ1n) is 4.59. The Bertz CT molecular complexity index is 334. The van der Waals surface area contributed by atoms with Gasteiger partial charge >= 0.3 is 18.3 Å². The summed E-state index contributed by atoms with van der Waals surface area (Å²) in [6.07, 6.45) is -10.8. The molecule has 0 spiro atoms. The number of morpholine rings is 1. The average Bonchev–Trinajstić information content (AvgIpc) is 2.27. The lowest BCUT2D eigenvalue weighted by Crippen LogP contribution is -2.55. The predicted octanol–water partition coefficient (Wildman–Crippen LogP) is 2.92. The van der Waals surface area contributed by atoms with Crippen molar-refractivity contribution >= 4 is 0 Å². The molecule has 0 aliphatic carbocycles. The minimum Gasteiger partial charge on any atom is -0.366 e. The van der Waals surface area contributed by atoms with E-state index in [1.165, 1.54) is 0 Å². The number of nitrogens with zero attached hydrogens (tertiary/aromatic N) is 1. The maximum absolute atomic E-state index is 13.1. The number of rotatable bonds is 2. The Balaban J connectivity index is 2.88. The van der Waals surface area contributed by atoms with E-state index in [0.717, 1.165) is 0 Å². The lowest BCUT2D eigenvalue weighted by molar-refractivity contribution is -0.261. The van der Waals surface area contributed by atoms with Crippen molar-refractivity contribution in [3.8, 4) is 0 Å². The fraction of sp³-hybridized carbons (Fsp3) is 0.750. The van der Waals surface area contributed by atoms with Crippen LogP contribution in [0.15, 0.2) is 11.9 Å². The van der Waals surface area contributed by atoms with E-state index in [-0.39, 0.29) is 4.90 Å². The van der Waals surface area contributed by atoms with E-state index in [4.69, 9.17) is 0 Å². The van der Waals surface area contributed by atoms with Crippen LogP contribution in [0.5, 0.6) is 0 Å². The minimum atomic E-state index is -4.93.